The first-order valence-electron chi connectivity index (χ1n) is 4.30. The van der Waals surface area contributed by atoms with Crippen molar-refractivity contribution in [3.8, 4) is 0 Å². The third-order valence-electron chi connectivity index (χ3n) is 2.42. The molecule has 0 bridgehead atoms. The Kier molecular flexibility index (Phi) is 3.27. The van der Waals surface area contributed by atoms with Crippen molar-refractivity contribution in [3.05, 3.63) is 0 Å². The van der Waals surface area contributed by atoms with Gasteiger partial charge in [-0.25, -0.2) is 0 Å². The fourth-order valence-electron chi connectivity index (χ4n) is 1.69. The van der Waals surface area contributed by atoms with E-state index < -0.39 is 0 Å². The van der Waals surface area contributed by atoms with Crippen LogP contribution in [0.3, 0.4) is 0 Å². The fourth-order valence-corrected chi connectivity index (χ4v) is 1.77. The van der Waals surface area contributed by atoms with E-state index >= 15 is 0 Å². The lowest BCUT2D eigenvalue weighted by atomic mass is 9.95. The van der Waals surface area contributed by atoms with Crippen LogP contribution in [0.5, 0.6) is 0 Å². The first kappa shape index (κ1) is 9.72. The van der Waals surface area contributed by atoms with Crippen LogP contribution in [0.4, 0.5) is 0 Å². The molecule has 0 aliphatic heterocycles. The van der Waals surface area contributed by atoms with Gasteiger partial charge in [-0.2, -0.15) is 0 Å². The molecule has 1 saturated carbocycles. The number of halogens is 1. The summed E-state index contributed by atoms with van der Waals surface area (Å²) in [5.74, 6) is 0.631. The van der Waals surface area contributed by atoms with Crippen LogP contribution in [-0.2, 0) is 9.59 Å². The van der Waals surface area contributed by atoms with Gasteiger partial charge in [-0.05, 0) is 30.4 Å². The van der Waals surface area contributed by atoms with Crippen molar-refractivity contribution in [2.75, 3.05) is 0 Å². The normalized spacial score (nSPS) is 25.8. The van der Waals surface area contributed by atoms with E-state index in [2.05, 4.69) is 0 Å². The second-order valence-electron chi connectivity index (χ2n) is 3.59. The van der Waals surface area contributed by atoms with Crippen molar-refractivity contribution < 1.29 is 9.59 Å². The average Bonchev–Trinajstić information content (AvgIpc) is 2.35. The van der Waals surface area contributed by atoms with Crippen LogP contribution in [0, 0.1) is 11.8 Å². The van der Waals surface area contributed by atoms with E-state index in [1.165, 1.54) is 0 Å². The summed E-state index contributed by atoms with van der Waals surface area (Å²) in [6, 6.07) is 0. The SMILES string of the molecule is CC(C[C@H]1CCC(=O)C1)C(=O)Cl. The monoisotopic (exact) mass is 188 g/mol. The van der Waals surface area contributed by atoms with Gasteiger partial charge in [0.05, 0.1) is 0 Å². The molecular weight excluding hydrogens is 176 g/mol. The summed E-state index contributed by atoms with van der Waals surface area (Å²) < 4.78 is 0. The molecule has 0 saturated heterocycles. The van der Waals surface area contributed by atoms with Crippen LogP contribution in [0.2, 0.25) is 0 Å². The molecule has 1 fully saturated rings. The lowest BCUT2D eigenvalue weighted by molar-refractivity contribution is -0.118. The molecule has 1 aliphatic carbocycles. The second kappa shape index (κ2) is 4.04. The minimum absolute atomic E-state index is 0.0948. The molecule has 1 aliphatic rings. The third kappa shape index (κ3) is 2.59. The number of ketones is 1. The number of carbonyl (C=O) groups is 2. The zero-order valence-electron chi connectivity index (χ0n) is 7.18. The zero-order chi connectivity index (χ0) is 9.14. The molecular formula is C9H13ClO2. The first-order chi connectivity index (χ1) is 5.59. The average molecular weight is 189 g/mol. The molecule has 2 nitrogen and oxygen atoms in total. The van der Waals surface area contributed by atoms with Crippen LogP contribution >= 0.6 is 11.6 Å². The molecule has 0 aromatic heterocycles. The van der Waals surface area contributed by atoms with Gasteiger partial charge in [-0.15, -0.1) is 0 Å². The Hall–Kier alpha value is -0.370. The van der Waals surface area contributed by atoms with Gasteiger partial charge >= 0.3 is 0 Å². The maximum atomic E-state index is 10.9. The van der Waals surface area contributed by atoms with Gasteiger partial charge in [0.1, 0.15) is 5.78 Å². The van der Waals surface area contributed by atoms with Gasteiger partial charge in [-0.3, -0.25) is 9.59 Å². The predicted molar refractivity (Wildman–Crippen MR) is 47.0 cm³/mol. The minimum atomic E-state index is -0.283. The lowest BCUT2D eigenvalue weighted by Gasteiger charge is -2.10. The highest BCUT2D eigenvalue weighted by Crippen LogP contribution is 2.28. The van der Waals surface area contributed by atoms with Crippen molar-refractivity contribution in [3.63, 3.8) is 0 Å². The molecule has 0 aromatic carbocycles. The van der Waals surface area contributed by atoms with Crippen LogP contribution in [0.1, 0.15) is 32.6 Å². The Bertz CT molecular complexity index is 201. The van der Waals surface area contributed by atoms with Gasteiger partial charge in [0.25, 0.3) is 0 Å². The predicted octanol–water partition coefficient (Wildman–Crippen LogP) is 2.15. The molecule has 0 aromatic rings. The molecule has 0 spiro atoms. The Morgan fingerprint density at radius 2 is 2.42 bits per heavy atom. The molecule has 0 amide bonds. The first-order valence-corrected chi connectivity index (χ1v) is 4.68. The number of Topliss-reactive ketones (excluding diaryl/α,β-unsaturated/α-hetero) is 1. The molecule has 1 rings (SSSR count). The van der Waals surface area contributed by atoms with Crippen molar-refractivity contribution in [2.45, 2.75) is 32.6 Å². The van der Waals surface area contributed by atoms with Crippen LogP contribution in [-0.4, -0.2) is 11.0 Å². The maximum absolute atomic E-state index is 10.9. The molecule has 1 unspecified atom stereocenters. The smallest absolute Gasteiger partial charge is 0.224 e. The number of hydrogen-bond donors (Lipinski definition) is 0. The fraction of sp³-hybridized carbons (Fsp3) is 0.778. The summed E-state index contributed by atoms with van der Waals surface area (Å²) >= 11 is 5.32. The molecule has 0 N–H and O–H groups in total. The van der Waals surface area contributed by atoms with Crippen LogP contribution < -0.4 is 0 Å². The maximum Gasteiger partial charge on any atom is 0.224 e. The zero-order valence-corrected chi connectivity index (χ0v) is 7.93. The Labute approximate surface area is 77.3 Å². The van der Waals surface area contributed by atoms with E-state index in [0.29, 0.717) is 24.5 Å². The summed E-state index contributed by atoms with van der Waals surface area (Å²) in [5, 5.41) is -0.283. The Morgan fingerprint density at radius 3 is 2.83 bits per heavy atom. The van der Waals surface area contributed by atoms with E-state index in [0.717, 1.165) is 12.8 Å². The van der Waals surface area contributed by atoms with Crippen molar-refractivity contribution in [2.24, 2.45) is 11.8 Å². The molecule has 68 valence electrons. The van der Waals surface area contributed by atoms with E-state index in [-0.39, 0.29) is 11.2 Å². The summed E-state index contributed by atoms with van der Waals surface area (Å²) in [6.07, 6.45) is 3.05. The third-order valence-corrected chi connectivity index (χ3v) is 2.79. The molecule has 0 heterocycles. The summed E-state index contributed by atoms with van der Waals surface area (Å²) in [5.41, 5.74) is 0. The largest absolute Gasteiger partial charge is 0.300 e. The summed E-state index contributed by atoms with van der Waals surface area (Å²) in [6.45, 7) is 1.82. The standard InChI is InChI=1S/C9H13ClO2/c1-6(9(10)12)4-7-2-3-8(11)5-7/h6-7H,2-5H2,1H3/t6?,7-/m1/s1. The van der Waals surface area contributed by atoms with E-state index in [1.54, 1.807) is 0 Å². The van der Waals surface area contributed by atoms with E-state index in [1.807, 2.05) is 6.92 Å². The number of rotatable bonds is 3. The van der Waals surface area contributed by atoms with Crippen LogP contribution in [0.25, 0.3) is 0 Å². The number of hydrogen-bond acceptors (Lipinski definition) is 2. The topological polar surface area (TPSA) is 34.1 Å². The second-order valence-corrected chi connectivity index (χ2v) is 3.96. The molecule has 12 heavy (non-hydrogen) atoms. The van der Waals surface area contributed by atoms with Gasteiger partial charge in [-0.1, -0.05) is 6.92 Å². The molecule has 0 radical (unpaired) electrons. The lowest BCUT2D eigenvalue weighted by Crippen LogP contribution is -2.09. The highest BCUT2D eigenvalue weighted by molar-refractivity contribution is 6.63. The summed E-state index contributed by atoms with van der Waals surface area (Å²) in [7, 11) is 0. The summed E-state index contributed by atoms with van der Waals surface area (Å²) in [4.78, 5) is 21.6. The minimum Gasteiger partial charge on any atom is -0.300 e. The number of carbonyl (C=O) groups excluding carboxylic acids is 2. The van der Waals surface area contributed by atoms with E-state index in [9.17, 15) is 9.59 Å². The van der Waals surface area contributed by atoms with E-state index in [4.69, 9.17) is 11.6 Å². The Balaban J connectivity index is 2.32. The highest BCUT2D eigenvalue weighted by atomic mass is 35.5. The van der Waals surface area contributed by atoms with Crippen molar-refractivity contribution in [1.29, 1.82) is 0 Å². The quantitative estimate of drug-likeness (QED) is 0.636. The van der Waals surface area contributed by atoms with Gasteiger partial charge in [0.2, 0.25) is 5.24 Å². The molecule has 2 atom stereocenters. The van der Waals surface area contributed by atoms with Gasteiger partial charge < -0.3 is 0 Å². The Morgan fingerprint density at radius 1 is 1.75 bits per heavy atom. The van der Waals surface area contributed by atoms with Crippen LogP contribution in [0.15, 0.2) is 0 Å². The van der Waals surface area contributed by atoms with Gasteiger partial charge in [0, 0.05) is 18.8 Å². The highest BCUT2D eigenvalue weighted by Gasteiger charge is 2.25. The van der Waals surface area contributed by atoms with Gasteiger partial charge in [0.15, 0.2) is 0 Å². The molecule has 3 heteroatoms. The van der Waals surface area contributed by atoms with Crippen molar-refractivity contribution >= 4 is 22.6 Å². The van der Waals surface area contributed by atoms with Crippen molar-refractivity contribution in [1.82, 2.24) is 0 Å².